The number of sulfonamides is 1. The van der Waals surface area contributed by atoms with Crippen molar-refractivity contribution in [3.63, 3.8) is 0 Å². The number of aliphatic hydroxyl groups is 1. The Morgan fingerprint density at radius 1 is 0.952 bits per heavy atom. The highest BCUT2D eigenvalue weighted by Crippen LogP contribution is 2.46. The van der Waals surface area contributed by atoms with Gasteiger partial charge >= 0.3 is 6.09 Å². The molecule has 3 aromatic carbocycles. The maximum atomic E-state index is 13.7. The van der Waals surface area contributed by atoms with Gasteiger partial charge in [0.15, 0.2) is 23.0 Å². The lowest BCUT2D eigenvalue weighted by atomic mass is 10.1. The van der Waals surface area contributed by atoms with Gasteiger partial charge in [0.2, 0.25) is 0 Å². The molecule has 0 radical (unpaired) electrons. The molecule has 1 saturated heterocycles. The molecule has 224 valence electrons. The van der Waals surface area contributed by atoms with Crippen molar-refractivity contribution in [3.05, 3.63) is 71.8 Å². The average Bonchev–Trinajstić information content (AvgIpc) is 3.00. The first-order valence-electron chi connectivity index (χ1n) is 12.9. The number of anilines is 1. The second-order valence-electron chi connectivity index (χ2n) is 9.27. The summed E-state index contributed by atoms with van der Waals surface area (Å²) < 4.78 is 45.4. The minimum Gasteiger partial charge on any atom is -0.493 e. The number of thiol groups is 1. The molecule has 1 fully saturated rings. The van der Waals surface area contributed by atoms with Crippen LogP contribution >= 0.6 is 12.8 Å². The minimum absolute atomic E-state index is 0.0295. The summed E-state index contributed by atoms with van der Waals surface area (Å²) in [5.74, 6) is -0.0222. The van der Waals surface area contributed by atoms with Crippen LogP contribution in [0.15, 0.2) is 65.6 Å². The van der Waals surface area contributed by atoms with Crippen molar-refractivity contribution in [1.29, 1.82) is 0 Å². The van der Waals surface area contributed by atoms with Crippen LogP contribution in [0.1, 0.15) is 15.9 Å². The van der Waals surface area contributed by atoms with Crippen LogP contribution < -0.4 is 17.9 Å². The molecule has 1 aliphatic rings. The molecule has 42 heavy (non-hydrogen) atoms. The molecule has 0 aromatic heterocycles. The molecular weight excluding hydrogens is 586 g/mol. The van der Waals surface area contributed by atoms with Crippen molar-refractivity contribution < 1.29 is 42.4 Å². The molecule has 0 saturated carbocycles. The zero-order valence-electron chi connectivity index (χ0n) is 23.0. The second kappa shape index (κ2) is 13.2. The summed E-state index contributed by atoms with van der Waals surface area (Å²) >= 11 is 4.37. The summed E-state index contributed by atoms with van der Waals surface area (Å²) in [6.07, 6.45) is -1.08. The van der Waals surface area contributed by atoms with E-state index in [0.717, 1.165) is 5.56 Å². The van der Waals surface area contributed by atoms with Crippen molar-refractivity contribution in [2.45, 2.75) is 11.8 Å². The van der Waals surface area contributed by atoms with Crippen LogP contribution in [-0.4, -0.2) is 86.9 Å². The predicted octanol–water partition coefficient (Wildman–Crippen LogP) is 3.64. The van der Waals surface area contributed by atoms with Gasteiger partial charge in [0, 0.05) is 31.7 Å². The van der Waals surface area contributed by atoms with Crippen molar-refractivity contribution in [2.75, 3.05) is 50.2 Å². The van der Waals surface area contributed by atoms with Gasteiger partial charge < -0.3 is 34.2 Å². The first-order chi connectivity index (χ1) is 20.1. The van der Waals surface area contributed by atoms with Crippen molar-refractivity contribution in [2.24, 2.45) is 0 Å². The maximum absolute atomic E-state index is 13.7. The number of aryl methyl sites for hydroxylation is 1. The van der Waals surface area contributed by atoms with E-state index < -0.39 is 22.0 Å². The molecule has 4 rings (SSSR count). The minimum atomic E-state index is -4.28. The predicted molar refractivity (Wildman–Crippen MR) is 157 cm³/mol. The zero-order chi connectivity index (χ0) is 30.4. The molecule has 0 atom stereocenters. The molecular formula is C28H31N3O9S2. The number of rotatable bonds is 10. The van der Waals surface area contributed by atoms with Gasteiger partial charge in [-0.15, -0.1) is 0 Å². The SMILES string of the molecule is COc1ccccc1Oc1c(OCCO)cc(C(=O)N2CCN(C(=O)O)CC2)cc1N(S)S(=O)(=O)c1ccc(C)cc1. The Morgan fingerprint density at radius 3 is 2.17 bits per heavy atom. The molecule has 0 bridgehead atoms. The number of para-hydroxylation sites is 2. The van der Waals surface area contributed by atoms with Crippen LogP contribution in [0.5, 0.6) is 23.0 Å². The van der Waals surface area contributed by atoms with Crippen LogP contribution in [0.4, 0.5) is 10.5 Å². The van der Waals surface area contributed by atoms with Crippen molar-refractivity contribution in [1.82, 2.24) is 9.80 Å². The van der Waals surface area contributed by atoms with Crippen LogP contribution in [0.25, 0.3) is 0 Å². The van der Waals surface area contributed by atoms with E-state index in [1.807, 2.05) is 6.92 Å². The molecule has 1 aliphatic heterocycles. The van der Waals surface area contributed by atoms with Crippen LogP contribution in [0.2, 0.25) is 0 Å². The summed E-state index contributed by atoms with van der Waals surface area (Å²) in [6.45, 7) is 1.79. The number of benzene rings is 3. The Balaban J connectivity index is 1.85. The number of piperazine rings is 1. The maximum Gasteiger partial charge on any atom is 0.407 e. The summed E-state index contributed by atoms with van der Waals surface area (Å²) in [5, 5.41) is 18.7. The summed E-state index contributed by atoms with van der Waals surface area (Å²) in [4.78, 5) is 27.5. The summed E-state index contributed by atoms with van der Waals surface area (Å²) in [5.41, 5.74) is 0.773. The third-order valence-corrected chi connectivity index (χ3v) is 8.88. The van der Waals surface area contributed by atoms with Gasteiger partial charge in [-0.05, 0) is 56.1 Å². The van der Waals surface area contributed by atoms with E-state index in [1.165, 1.54) is 41.2 Å². The Labute approximate surface area is 249 Å². The van der Waals surface area contributed by atoms with Gasteiger partial charge in [0.25, 0.3) is 15.9 Å². The van der Waals surface area contributed by atoms with Crippen LogP contribution in [0, 0.1) is 6.92 Å². The van der Waals surface area contributed by atoms with Gasteiger partial charge in [-0.1, -0.05) is 29.8 Å². The number of ether oxygens (including phenoxy) is 3. The number of nitrogens with zero attached hydrogens (tertiary/aromatic N) is 3. The molecule has 1 heterocycles. The number of methoxy groups -OCH3 is 1. The number of hydrogen-bond donors (Lipinski definition) is 3. The van der Waals surface area contributed by atoms with E-state index >= 15 is 0 Å². The largest absolute Gasteiger partial charge is 0.493 e. The highest BCUT2D eigenvalue weighted by atomic mass is 32.3. The molecule has 2 N–H and O–H groups in total. The normalized spacial score (nSPS) is 13.4. The van der Waals surface area contributed by atoms with Crippen LogP contribution in [0.3, 0.4) is 0 Å². The molecule has 3 aromatic rings. The third-order valence-electron chi connectivity index (χ3n) is 6.50. The molecule has 2 amide bonds. The number of hydrogen-bond acceptors (Lipinski definition) is 9. The molecule has 0 aliphatic carbocycles. The first-order valence-corrected chi connectivity index (χ1v) is 14.7. The van der Waals surface area contributed by atoms with E-state index in [9.17, 15) is 28.2 Å². The number of amides is 2. The fourth-order valence-corrected chi connectivity index (χ4v) is 5.76. The number of carbonyl (C=O) groups is 2. The molecule has 0 spiro atoms. The third kappa shape index (κ3) is 6.66. The lowest BCUT2D eigenvalue weighted by Crippen LogP contribution is -2.50. The Bertz CT molecular complexity index is 1540. The molecule has 12 nitrogen and oxygen atoms in total. The lowest BCUT2D eigenvalue weighted by Gasteiger charge is -2.33. The van der Waals surface area contributed by atoms with Gasteiger partial charge in [-0.25, -0.2) is 16.9 Å². The van der Waals surface area contributed by atoms with Gasteiger partial charge in [-0.3, -0.25) is 4.79 Å². The van der Waals surface area contributed by atoms with E-state index in [1.54, 1.807) is 36.4 Å². The fraction of sp³-hybridized carbons (Fsp3) is 0.286. The monoisotopic (exact) mass is 617 g/mol. The highest BCUT2D eigenvalue weighted by molar-refractivity contribution is 8.06. The van der Waals surface area contributed by atoms with Gasteiger partial charge in [0.05, 0.1) is 18.6 Å². The van der Waals surface area contributed by atoms with Gasteiger partial charge in [0.1, 0.15) is 12.3 Å². The zero-order valence-corrected chi connectivity index (χ0v) is 24.7. The topological polar surface area (TPSA) is 146 Å². The van der Waals surface area contributed by atoms with E-state index in [0.29, 0.717) is 9.46 Å². The van der Waals surface area contributed by atoms with Crippen LogP contribution in [-0.2, 0) is 10.0 Å². The Hall–Kier alpha value is -4.14. The first kappa shape index (κ1) is 30.8. The van der Waals surface area contributed by atoms with E-state index in [-0.39, 0.29) is 72.8 Å². The van der Waals surface area contributed by atoms with Crippen molar-refractivity contribution in [3.8, 4) is 23.0 Å². The quantitative estimate of drug-likeness (QED) is 0.290. The molecule has 14 heteroatoms. The summed E-state index contributed by atoms with van der Waals surface area (Å²) in [7, 11) is -2.83. The Morgan fingerprint density at radius 2 is 1.57 bits per heavy atom. The number of carboxylic acid groups (broad SMARTS) is 1. The lowest BCUT2D eigenvalue weighted by molar-refractivity contribution is 0.0624. The number of aliphatic hydroxyl groups excluding tert-OH is 1. The standard InChI is InChI=1S/C28H31N3O9S2/c1-19-7-9-21(10-8-19)42(36,37)31(41)22-17-20(27(33)29-11-13-30(14-12-29)28(34)35)18-25(39-16-15-32)26(22)40-24-6-4-3-5-23(24)38-2/h3-10,17-18,32,41H,11-16H2,1-2H3,(H,34,35). The highest BCUT2D eigenvalue weighted by Gasteiger charge is 2.31. The average molecular weight is 618 g/mol. The summed E-state index contributed by atoms with van der Waals surface area (Å²) in [6, 6.07) is 15.6. The molecule has 0 unspecified atom stereocenters. The van der Waals surface area contributed by atoms with E-state index in [2.05, 4.69) is 12.8 Å². The fourth-order valence-electron chi connectivity index (χ4n) is 4.25. The van der Waals surface area contributed by atoms with Crippen molar-refractivity contribution >= 4 is 40.5 Å². The number of carbonyl (C=O) groups excluding carboxylic acids is 1. The van der Waals surface area contributed by atoms with E-state index in [4.69, 9.17) is 14.2 Å². The second-order valence-corrected chi connectivity index (χ2v) is 11.7. The Kier molecular flexibility index (Phi) is 9.70. The smallest absolute Gasteiger partial charge is 0.407 e. The van der Waals surface area contributed by atoms with Gasteiger partial charge in [-0.2, -0.15) is 0 Å².